The fourth-order valence-corrected chi connectivity index (χ4v) is 5.83. The van der Waals surface area contributed by atoms with Crippen molar-refractivity contribution in [3.63, 3.8) is 0 Å². The first-order valence-corrected chi connectivity index (χ1v) is 14.0. The van der Waals surface area contributed by atoms with E-state index < -0.39 is 0 Å². The molecule has 2 fully saturated rings. The van der Waals surface area contributed by atoms with E-state index in [9.17, 15) is 0 Å². The van der Waals surface area contributed by atoms with Crippen molar-refractivity contribution in [2.45, 2.75) is 70.9 Å². The van der Waals surface area contributed by atoms with Gasteiger partial charge in [-0.15, -0.1) is 0 Å². The van der Waals surface area contributed by atoms with E-state index in [1.165, 1.54) is 25.7 Å². The second-order valence-electron chi connectivity index (χ2n) is 10.9. The van der Waals surface area contributed by atoms with E-state index in [0.29, 0.717) is 28.2 Å². The lowest BCUT2D eigenvalue weighted by molar-refractivity contribution is 0.0300. The standard InChI is InChI=1S/C28H40Cl2N4O2/c1-19(17-35-3)34-21-6-4-20(5-7-21)12-22-13-24(26(29)16-31-22)25-14-23(15-32-27(25)30)33-18-28(2)8-10-36-11-9-28/h13-16,19-21,33-34H,4-12,17-18H2,1-3H3/t19-,20?,21?/m0/s1. The first-order chi connectivity index (χ1) is 17.3. The molecule has 0 radical (unpaired) electrons. The molecule has 1 saturated heterocycles. The molecule has 1 atom stereocenters. The lowest BCUT2D eigenvalue weighted by Crippen LogP contribution is -2.41. The van der Waals surface area contributed by atoms with Crippen LogP contribution in [-0.2, 0) is 15.9 Å². The molecule has 0 spiro atoms. The third-order valence-corrected chi connectivity index (χ3v) is 8.34. The van der Waals surface area contributed by atoms with Crippen LogP contribution in [0.5, 0.6) is 0 Å². The minimum Gasteiger partial charge on any atom is -0.383 e. The van der Waals surface area contributed by atoms with Crippen LogP contribution in [-0.4, -0.2) is 55.5 Å². The molecule has 1 saturated carbocycles. The summed E-state index contributed by atoms with van der Waals surface area (Å²) in [5, 5.41) is 8.31. The summed E-state index contributed by atoms with van der Waals surface area (Å²) >= 11 is 13.2. The minimum absolute atomic E-state index is 0.218. The molecule has 3 heterocycles. The second kappa shape index (κ2) is 12.9. The fraction of sp³-hybridized carbons (Fsp3) is 0.643. The van der Waals surface area contributed by atoms with Gasteiger partial charge in [-0.05, 0) is 75.3 Å². The molecule has 2 aromatic rings. The molecule has 1 aliphatic carbocycles. The number of halogens is 2. The number of hydrogen-bond acceptors (Lipinski definition) is 6. The predicted molar refractivity (Wildman–Crippen MR) is 148 cm³/mol. The topological polar surface area (TPSA) is 68.3 Å². The number of hydrogen-bond donors (Lipinski definition) is 2. The molecule has 6 nitrogen and oxygen atoms in total. The molecule has 0 bridgehead atoms. The number of nitrogens with one attached hydrogen (secondary N) is 2. The van der Waals surface area contributed by atoms with Gasteiger partial charge in [-0.25, -0.2) is 4.98 Å². The third-order valence-electron chi connectivity index (χ3n) is 7.74. The maximum absolute atomic E-state index is 6.61. The highest BCUT2D eigenvalue weighted by molar-refractivity contribution is 6.35. The maximum Gasteiger partial charge on any atom is 0.137 e. The monoisotopic (exact) mass is 534 g/mol. The van der Waals surface area contributed by atoms with E-state index in [2.05, 4.69) is 46.6 Å². The average Bonchev–Trinajstić information content (AvgIpc) is 2.87. The van der Waals surface area contributed by atoms with Crippen molar-refractivity contribution in [2.75, 3.05) is 38.8 Å². The molecule has 2 aromatic heterocycles. The molecule has 2 N–H and O–H groups in total. The Labute approximate surface area is 225 Å². The quantitative estimate of drug-likeness (QED) is 0.343. The van der Waals surface area contributed by atoms with Crippen molar-refractivity contribution in [2.24, 2.45) is 11.3 Å². The smallest absolute Gasteiger partial charge is 0.137 e. The van der Waals surface area contributed by atoms with Gasteiger partial charge in [-0.2, -0.15) is 0 Å². The van der Waals surface area contributed by atoms with E-state index in [1.54, 1.807) is 19.5 Å². The Kier molecular flexibility index (Phi) is 9.87. The van der Waals surface area contributed by atoms with Crippen LogP contribution in [0.1, 0.15) is 58.1 Å². The van der Waals surface area contributed by atoms with Crippen molar-refractivity contribution in [1.29, 1.82) is 0 Å². The van der Waals surface area contributed by atoms with Gasteiger partial charge < -0.3 is 20.1 Å². The van der Waals surface area contributed by atoms with Crippen LogP contribution in [0, 0.1) is 11.3 Å². The Hall–Kier alpha value is -1.44. The zero-order valence-electron chi connectivity index (χ0n) is 21.8. The number of methoxy groups -OCH3 is 1. The van der Waals surface area contributed by atoms with Crippen molar-refractivity contribution in [1.82, 2.24) is 15.3 Å². The number of rotatable bonds is 10. The van der Waals surface area contributed by atoms with Gasteiger partial charge in [0.25, 0.3) is 0 Å². The molecule has 0 unspecified atom stereocenters. The Morgan fingerprint density at radius 2 is 1.83 bits per heavy atom. The van der Waals surface area contributed by atoms with Crippen molar-refractivity contribution < 1.29 is 9.47 Å². The summed E-state index contributed by atoms with van der Waals surface area (Å²) in [7, 11) is 1.76. The van der Waals surface area contributed by atoms with Crippen LogP contribution in [0.4, 0.5) is 5.69 Å². The summed E-state index contributed by atoms with van der Waals surface area (Å²) in [5.74, 6) is 0.629. The molecule has 2 aliphatic rings. The summed E-state index contributed by atoms with van der Waals surface area (Å²) < 4.78 is 10.8. The van der Waals surface area contributed by atoms with Crippen LogP contribution >= 0.6 is 23.2 Å². The predicted octanol–water partition coefficient (Wildman–Crippen LogP) is 6.40. The van der Waals surface area contributed by atoms with E-state index in [0.717, 1.165) is 68.1 Å². The number of aromatic nitrogens is 2. The number of pyridine rings is 2. The number of nitrogens with zero attached hydrogens (tertiary/aromatic N) is 2. The lowest BCUT2D eigenvalue weighted by atomic mass is 9.82. The molecule has 1 aliphatic heterocycles. The zero-order chi connectivity index (χ0) is 25.5. The molecule has 8 heteroatoms. The highest BCUT2D eigenvalue weighted by Gasteiger charge is 2.27. The fourth-order valence-electron chi connectivity index (χ4n) is 5.42. The van der Waals surface area contributed by atoms with Gasteiger partial charge in [-0.3, -0.25) is 4.98 Å². The molecule has 0 amide bonds. The lowest BCUT2D eigenvalue weighted by Gasteiger charge is -2.33. The molecule has 36 heavy (non-hydrogen) atoms. The van der Waals surface area contributed by atoms with Crippen molar-refractivity contribution in [3.05, 3.63) is 40.4 Å². The van der Waals surface area contributed by atoms with Crippen molar-refractivity contribution in [3.8, 4) is 11.1 Å². The number of ether oxygens (including phenoxy) is 2. The summed E-state index contributed by atoms with van der Waals surface area (Å²) in [5.41, 5.74) is 3.96. The maximum atomic E-state index is 6.61. The van der Waals surface area contributed by atoms with Gasteiger partial charge >= 0.3 is 0 Å². The van der Waals surface area contributed by atoms with Crippen LogP contribution in [0.15, 0.2) is 24.5 Å². The molecule has 0 aromatic carbocycles. The van der Waals surface area contributed by atoms with Crippen molar-refractivity contribution >= 4 is 28.9 Å². The first-order valence-electron chi connectivity index (χ1n) is 13.2. The Bertz CT molecular complexity index is 992. The summed E-state index contributed by atoms with van der Waals surface area (Å²) in [6.07, 6.45) is 11.4. The second-order valence-corrected chi connectivity index (χ2v) is 11.7. The summed E-state index contributed by atoms with van der Waals surface area (Å²) in [6, 6.07) is 5.12. The molecule has 4 rings (SSSR count). The van der Waals surface area contributed by atoms with E-state index >= 15 is 0 Å². The van der Waals surface area contributed by atoms with Crippen LogP contribution < -0.4 is 10.6 Å². The van der Waals surface area contributed by atoms with Gasteiger partial charge in [0.1, 0.15) is 5.15 Å². The highest BCUT2D eigenvalue weighted by atomic mass is 35.5. The van der Waals surface area contributed by atoms with Gasteiger partial charge in [0, 0.05) is 62.0 Å². The van der Waals surface area contributed by atoms with Crippen LogP contribution in [0.2, 0.25) is 10.2 Å². The largest absolute Gasteiger partial charge is 0.383 e. The van der Waals surface area contributed by atoms with Gasteiger partial charge in [-0.1, -0.05) is 30.1 Å². The Morgan fingerprint density at radius 1 is 1.08 bits per heavy atom. The van der Waals surface area contributed by atoms with Crippen LogP contribution in [0.3, 0.4) is 0 Å². The van der Waals surface area contributed by atoms with E-state index in [4.69, 9.17) is 32.7 Å². The first kappa shape index (κ1) is 27.6. The third kappa shape index (κ3) is 7.55. The van der Waals surface area contributed by atoms with Crippen LogP contribution in [0.25, 0.3) is 11.1 Å². The minimum atomic E-state index is 0.218. The summed E-state index contributed by atoms with van der Waals surface area (Å²) in [6.45, 7) is 7.76. The number of anilines is 1. The van der Waals surface area contributed by atoms with Gasteiger partial charge in [0.2, 0.25) is 0 Å². The molecular weight excluding hydrogens is 495 g/mol. The SMILES string of the molecule is COC[C@H](C)NC1CCC(Cc2cc(-c3cc(NCC4(C)CCOCC4)cnc3Cl)c(Cl)cn2)CC1. The van der Waals surface area contributed by atoms with Gasteiger partial charge in [0.15, 0.2) is 0 Å². The highest BCUT2D eigenvalue weighted by Crippen LogP contribution is 2.36. The molecule has 198 valence electrons. The Balaban J connectivity index is 1.40. The normalized spacial score (nSPS) is 22.8. The van der Waals surface area contributed by atoms with E-state index in [-0.39, 0.29) is 5.41 Å². The summed E-state index contributed by atoms with van der Waals surface area (Å²) in [4.78, 5) is 9.11. The molecular formula is C28H40Cl2N4O2. The average molecular weight is 536 g/mol. The van der Waals surface area contributed by atoms with Gasteiger partial charge in [0.05, 0.1) is 23.5 Å². The Morgan fingerprint density at radius 3 is 2.56 bits per heavy atom. The zero-order valence-corrected chi connectivity index (χ0v) is 23.3. The van der Waals surface area contributed by atoms with E-state index in [1.807, 2.05) is 0 Å².